The molecule has 0 saturated heterocycles. The summed E-state index contributed by atoms with van der Waals surface area (Å²) in [4.78, 5) is 17.7. The number of hydrogen-bond acceptors (Lipinski definition) is 6. The van der Waals surface area contributed by atoms with E-state index in [2.05, 4.69) is 19.9 Å². The SMILES string of the molecule is COc1cc2c(-c3cccnc3)ncnc2cc1OCc1ccc2ccccc2n1. The van der Waals surface area contributed by atoms with E-state index >= 15 is 0 Å². The number of fused-ring (bicyclic) bond motifs is 2. The second-order valence-corrected chi connectivity index (χ2v) is 6.77. The fourth-order valence-electron chi connectivity index (χ4n) is 3.41. The minimum atomic E-state index is 0.327. The zero-order valence-electron chi connectivity index (χ0n) is 16.3. The molecule has 5 rings (SSSR count). The zero-order valence-corrected chi connectivity index (χ0v) is 16.3. The molecule has 3 heterocycles. The smallest absolute Gasteiger partial charge is 0.163 e. The van der Waals surface area contributed by atoms with E-state index in [1.54, 1.807) is 25.8 Å². The summed E-state index contributed by atoms with van der Waals surface area (Å²) in [5, 5.41) is 1.97. The van der Waals surface area contributed by atoms with Crippen molar-refractivity contribution < 1.29 is 9.47 Å². The van der Waals surface area contributed by atoms with Gasteiger partial charge in [-0.05, 0) is 30.3 Å². The van der Waals surface area contributed by atoms with Gasteiger partial charge in [-0.3, -0.25) is 4.98 Å². The summed E-state index contributed by atoms with van der Waals surface area (Å²) in [7, 11) is 1.62. The average Bonchev–Trinajstić information content (AvgIpc) is 2.82. The third-order valence-electron chi connectivity index (χ3n) is 4.89. The lowest BCUT2D eigenvalue weighted by molar-refractivity contribution is 0.281. The van der Waals surface area contributed by atoms with Crippen molar-refractivity contribution in [2.45, 2.75) is 6.61 Å². The lowest BCUT2D eigenvalue weighted by atomic mass is 10.1. The van der Waals surface area contributed by atoms with E-state index in [-0.39, 0.29) is 0 Å². The fourth-order valence-corrected chi connectivity index (χ4v) is 3.41. The summed E-state index contributed by atoms with van der Waals surface area (Å²) >= 11 is 0. The molecule has 0 unspecified atom stereocenters. The molecule has 6 heteroatoms. The summed E-state index contributed by atoms with van der Waals surface area (Å²) in [6, 6.07) is 19.7. The lowest BCUT2D eigenvalue weighted by Gasteiger charge is -2.13. The lowest BCUT2D eigenvalue weighted by Crippen LogP contribution is -2.01. The van der Waals surface area contributed by atoms with Crippen molar-refractivity contribution in [2.24, 2.45) is 0 Å². The predicted molar refractivity (Wildman–Crippen MR) is 115 cm³/mol. The molecule has 5 aromatic rings. The Hall–Kier alpha value is -4.06. The van der Waals surface area contributed by atoms with Gasteiger partial charge in [0.2, 0.25) is 0 Å². The highest BCUT2D eigenvalue weighted by atomic mass is 16.5. The molecule has 0 amide bonds. The second-order valence-electron chi connectivity index (χ2n) is 6.77. The summed E-state index contributed by atoms with van der Waals surface area (Å²) in [6.07, 6.45) is 5.07. The summed E-state index contributed by atoms with van der Waals surface area (Å²) in [5.74, 6) is 1.22. The molecular weight excluding hydrogens is 376 g/mol. The number of rotatable bonds is 5. The van der Waals surface area contributed by atoms with Crippen molar-refractivity contribution in [3.8, 4) is 22.8 Å². The maximum absolute atomic E-state index is 6.06. The van der Waals surface area contributed by atoms with Gasteiger partial charge in [0.15, 0.2) is 11.5 Å². The van der Waals surface area contributed by atoms with Crippen LogP contribution in [0.5, 0.6) is 11.5 Å². The van der Waals surface area contributed by atoms with Crippen molar-refractivity contribution in [3.05, 3.63) is 85.1 Å². The molecule has 30 heavy (non-hydrogen) atoms. The van der Waals surface area contributed by atoms with Crippen LogP contribution in [0.15, 0.2) is 79.4 Å². The van der Waals surface area contributed by atoms with E-state index in [1.807, 2.05) is 60.7 Å². The second kappa shape index (κ2) is 7.75. The van der Waals surface area contributed by atoms with E-state index in [9.17, 15) is 0 Å². The van der Waals surface area contributed by atoms with Gasteiger partial charge < -0.3 is 9.47 Å². The number of nitrogens with zero attached hydrogens (tertiary/aromatic N) is 4. The molecule has 6 nitrogen and oxygen atoms in total. The van der Waals surface area contributed by atoms with Gasteiger partial charge in [0.25, 0.3) is 0 Å². The van der Waals surface area contributed by atoms with Crippen LogP contribution in [-0.4, -0.2) is 27.0 Å². The fraction of sp³-hybridized carbons (Fsp3) is 0.0833. The van der Waals surface area contributed by atoms with Crippen LogP contribution in [-0.2, 0) is 6.61 Å². The maximum Gasteiger partial charge on any atom is 0.163 e. The topological polar surface area (TPSA) is 70.0 Å². The number of para-hydroxylation sites is 1. The standard InChI is InChI=1S/C24H18N4O2/c1-29-22-11-19-21(26-15-27-24(19)17-6-4-10-25-13-17)12-23(22)30-14-18-9-8-16-5-2-3-7-20(16)28-18/h2-13,15H,14H2,1H3. The Morgan fingerprint density at radius 1 is 0.867 bits per heavy atom. The van der Waals surface area contributed by atoms with Gasteiger partial charge in [0.05, 0.1) is 29.5 Å². The van der Waals surface area contributed by atoms with Gasteiger partial charge in [-0.1, -0.05) is 24.3 Å². The summed E-state index contributed by atoms with van der Waals surface area (Å²) in [5.41, 5.74) is 4.27. The van der Waals surface area contributed by atoms with E-state index in [0.29, 0.717) is 18.1 Å². The molecule has 0 saturated carbocycles. The molecular formula is C24H18N4O2. The largest absolute Gasteiger partial charge is 0.493 e. The number of methoxy groups -OCH3 is 1. The Labute approximate surface area is 173 Å². The van der Waals surface area contributed by atoms with Crippen molar-refractivity contribution in [2.75, 3.05) is 7.11 Å². The first-order valence-corrected chi connectivity index (χ1v) is 9.52. The molecule has 0 atom stereocenters. The van der Waals surface area contributed by atoms with Crippen molar-refractivity contribution in [1.29, 1.82) is 0 Å². The van der Waals surface area contributed by atoms with Crippen LogP contribution < -0.4 is 9.47 Å². The number of aromatic nitrogens is 4. The van der Waals surface area contributed by atoms with Gasteiger partial charge in [-0.25, -0.2) is 15.0 Å². The Kier molecular flexibility index (Phi) is 4.65. The Morgan fingerprint density at radius 3 is 2.67 bits per heavy atom. The van der Waals surface area contributed by atoms with E-state index < -0.39 is 0 Å². The third kappa shape index (κ3) is 3.39. The highest BCUT2D eigenvalue weighted by Gasteiger charge is 2.13. The van der Waals surface area contributed by atoms with Crippen LogP contribution in [0.3, 0.4) is 0 Å². The quantitative estimate of drug-likeness (QED) is 0.425. The van der Waals surface area contributed by atoms with Gasteiger partial charge in [-0.2, -0.15) is 0 Å². The van der Waals surface area contributed by atoms with E-state index in [0.717, 1.165) is 38.8 Å². The highest BCUT2D eigenvalue weighted by molar-refractivity contribution is 5.94. The van der Waals surface area contributed by atoms with Crippen LogP contribution in [0.2, 0.25) is 0 Å². The normalized spacial score (nSPS) is 11.0. The van der Waals surface area contributed by atoms with Crippen LogP contribution >= 0.6 is 0 Å². The summed E-state index contributed by atoms with van der Waals surface area (Å²) in [6.45, 7) is 0.327. The molecule has 0 radical (unpaired) electrons. The molecule has 0 aliphatic heterocycles. The number of pyridine rings is 2. The van der Waals surface area contributed by atoms with E-state index in [4.69, 9.17) is 9.47 Å². The number of benzene rings is 2. The number of ether oxygens (including phenoxy) is 2. The number of hydrogen-bond donors (Lipinski definition) is 0. The molecule has 0 N–H and O–H groups in total. The predicted octanol–water partition coefficient (Wildman–Crippen LogP) is 4.83. The molecule has 3 aromatic heterocycles. The molecule has 2 aromatic carbocycles. The average molecular weight is 394 g/mol. The maximum atomic E-state index is 6.06. The Morgan fingerprint density at radius 2 is 1.80 bits per heavy atom. The van der Waals surface area contributed by atoms with Crippen molar-refractivity contribution >= 4 is 21.8 Å². The molecule has 0 aliphatic carbocycles. The first-order valence-electron chi connectivity index (χ1n) is 9.52. The van der Waals surface area contributed by atoms with Crippen LogP contribution in [0.1, 0.15) is 5.69 Å². The van der Waals surface area contributed by atoms with Gasteiger partial charge in [0.1, 0.15) is 12.9 Å². The minimum Gasteiger partial charge on any atom is -0.493 e. The van der Waals surface area contributed by atoms with Crippen molar-refractivity contribution in [3.63, 3.8) is 0 Å². The molecule has 0 spiro atoms. The molecule has 0 fully saturated rings. The van der Waals surface area contributed by atoms with Gasteiger partial charge in [0, 0.05) is 34.8 Å². The van der Waals surface area contributed by atoms with Gasteiger partial charge in [-0.15, -0.1) is 0 Å². The first kappa shape index (κ1) is 18.0. The van der Waals surface area contributed by atoms with Gasteiger partial charge >= 0.3 is 0 Å². The summed E-state index contributed by atoms with van der Waals surface area (Å²) < 4.78 is 11.6. The van der Waals surface area contributed by atoms with E-state index in [1.165, 1.54) is 0 Å². The monoisotopic (exact) mass is 394 g/mol. The molecule has 146 valence electrons. The molecule has 0 bridgehead atoms. The van der Waals surface area contributed by atoms with Crippen molar-refractivity contribution in [1.82, 2.24) is 19.9 Å². The minimum absolute atomic E-state index is 0.327. The zero-order chi connectivity index (χ0) is 20.3. The first-order chi connectivity index (χ1) is 14.8. The Bertz CT molecular complexity index is 1340. The highest BCUT2D eigenvalue weighted by Crippen LogP contribution is 2.35. The van der Waals surface area contributed by atoms with Crippen LogP contribution in [0.4, 0.5) is 0 Å². The van der Waals surface area contributed by atoms with Crippen LogP contribution in [0, 0.1) is 0 Å². The Balaban J connectivity index is 1.49. The van der Waals surface area contributed by atoms with Crippen LogP contribution in [0.25, 0.3) is 33.1 Å². The third-order valence-corrected chi connectivity index (χ3v) is 4.89. The molecule has 0 aliphatic rings.